The Balaban J connectivity index is 2.99. The highest BCUT2D eigenvalue weighted by Gasteiger charge is 2.31. The first-order valence-electron chi connectivity index (χ1n) is 5.01. The maximum atomic E-state index is 12.4. The molecule has 0 saturated carbocycles. The van der Waals surface area contributed by atoms with Crippen molar-refractivity contribution in [2.45, 2.75) is 17.5 Å². The zero-order chi connectivity index (χ0) is 14.6. The molecule has 0 aliphatic heterocycles. The van der Waals surface area contributed by atoms with Crippen LogP contribution in [0, 0.1) is 0 Å². The van der Waals surface area contributed by atoms with Crippen LogP contribution >= 0.6 is 11.8 Å². The van der Waals surface area contributed by atoms with Gasteiger partial charge in [0, 0.05) is 10.6 Å². The molecule has 0 aliphatic rings. The van der Waals surface area contributed by atoms with Gasteiger partial charge in [-0.3, -0.25) is 4.79 Å². The lowest BCUT2D eigenvalue weighted by atomic mass is 10.1. The van der Waals surface area contributed by atoms with Gasteiger partial charge in [0.15, 0.2) is 0 Å². The Hall–Kier alpha value is -1.70. The standard InChI is InChI=1S/C11H9F3O4S/c12-11(13,14)6-1-2-8(7(5-6)10(17)18)19-4-3-9(15)16/h1-2,5H,3-4H2,(H,15,16)(H,17,18). The highest BCUT2D eigenvalue weighted by molar-refractivity contribution is 7.99. The number of carboxylic acid groups (broad SMARTS) is 2. The minimum absolute atomic E-state index is 0.0843. The fourth-order valence-corrected chi connectivity index (χ4v) is 2.21. The molecule has 0 heterocycles. The van der Waals surface area contributed by atoms with Gasteiger partial charge in [0.1, 0.15) is 0 Å². The zero-order valence-corrected chi connectivity index (χ0v) is 10.2. The summed E-state index contributed by atoms with van der Waals surface area (Å²) in [7, 11) is 0. The zero-order valence-electron chi connectivity index (χ0n) is 9.40. The van der Waals surface area contributed by atoms with Gasteiger partial charge in [-0.25, -0.2) is 4.79 Å². The second kappa shape index (κ2) is 5.96. The lowest BCUT2D eigenvalue weighted by molar-refractivity contribution is -0.138. The normalized spacial score (nSPS) is 11.3. The van der Waals surface area contributed by atoms with Gasteiger partial charge in [-0.15, -0.1) is 11.8 Å². The van der Waals surface area contributed by atoms with Crippen LogP contribution in [0.5, 0.6) is 0 Å². The van der Waals surface area contributed by atoms with Crippen molar-refractivity contribution in [1.29, 1.82) is 0 Å². The molecule has 4 nitrogen and oxygen atoms in total. The van der Waals surface area contributed by atoms with E-state index in [4.69, 9.17) is 10.2 Å². The predicted octanol–water partition coefficient (Wildman–Crippen LogP) is 2.97. The number of hydrogen-bond donors (Lipinski definition) is 2. The summed E-state index contributed by atoms with van der Waals surface area (Å²) in [6, 6.07) is 2.36. The summed E-state index contributed by atoms with van der Waals surface area (Å²) in [6.45, 7) is 0. The van der Waals surface area contributed by atoms with Crippen molar-refractivity contribution in [2.75, 3.05) is 5.75 Å². The Morgan fingerprint density at radius 1 is 1.21 bits per heavy atom. The highest BCUT2D eigenvalue weighted by Crippen LogP contribution is 2.33. The molecule has 1 aromatic rings. The average Bonchev–Trinajstić information content (AvgIpc) is 2.27. The van der Waals surface area contributed by atoms with Gasteiger partial charge in [-0.2, -0.15) is 13.2 Å². The van der Waals surface area contributed by atoms with Gasteiger partial charge in [0.2, 0.25) is 0 Å². The molecule has 0 atom stereocenters. The molecule has 8 heteroatoms. The van der Waals surface area contributed by atoms with Gasteiger partial charge >= 0.3 is 18.1 Å². The van der Waals surface area contributed by atoms with E-state index in [1.807, 2.05) is 0 Å². The molecule has 0 bridgehead atoms. The molecular formula is C11H9F3O4S. The number of aliphatic carboxylic acids is 1. The number of aromatic carboxylic acids is 1. The first-order valence-corrected chi connectivity index (χ1v) is 5.99. The third-order valence-corrected chi connectivity index (χ3v) is 3.19. The Labute approximate surface area is 110 Å². The molecule has 0 saturated heterocycles. The van der Waals surface area contributed by atoms with E-state index in [9.17, 15) is 22.8 Å². The molecule has 19 heavy (non-hydrogen) atoms. The van der Waals surface area contributed by atoms with Crippen molar-refractivity contribution in [3.05, 3.63) is 29.3 Å². The summed E-state index contributed by atoms with van der Waals surface area (Å²) in [6.07, 6.45) is -4.82. The van der Waals surface area contributed by atoms with E-state index in [2.05, 4.69) is 0 Å². The lowest BCUT2D eigenvalue weighted by Gasteiger charge is -2.10. The maximum absolute atomic E-state index is 12.4. The van der Waals surface area contributed by atoms with Crippen LogP contribution in [-0.4, -0.2) is 27.9 Å². The summed E-state index contributed by atoms with van der Waals surface area (Å²) in [5.74, 6) is -2.46. The smallest absolute Gasteiger partial charge is 0.416 e. The van der Waals surface area contributed by atoms with Gasteiger partial charge in [0.05, 0.1) is 17.5 Å². The Morgan fingerprint density at radius 2 is 1.84 bits per heavy atom. The topological polar surface area (TPSA) is 74.6 Å². The number of carbonyl (C=O) groups is 2. The third kappa shape index (κ3) is 4.47. The van der Waals surface area contributed by atoms with Crippen molar-refractivity contribution in [2.24, 2.45) is 0 Å². The van der Waals surface area contributed by atoms with Crippen LogP contribution in [0.15, 0.2) is 23.1 Å². The van der Waals surface area contributed by atoms with Crippen LogP contribution in [0.1, 0.15) is 22.3 Å². The van der Waals surface area contributed by atoms with E-state index >= 15 is 0 Å². The third-order valence-electron chi connectivity index (χ3n) is 2.11. The first kappa shape index (κ1) is 15.4. The van der Waals surface area contributed by atoms with E-state index in [0.717, 1.165) is 23.9 Å². The van der Waals surface area contributed by atoms with Crippen LogP contribution in [0.3, 0.4) is 0 Å². The maximum Gasteiger partial charge on any atom is 0.416 e. The summed E-state index contributed by atoms with van der Waals surface area (Å²) >= 11 is 0.894. The molecule has 0 amide bonds. The van der Waals surface area contributed by atoms with E-state index in [1.54, 1.807) is 0 Å². The van der Waals surface area contributed by atoms with Crippen LogP contribution in [-0.2, 0) is 11.0 Å². The van der Waals surface area contributed by atoms with E-state index in [-0.39, 0.29) is 17.1 Å². The number of thioether (sulfide) groups is 1. The Kier molecular flexibility index (Phi) is 4.82. The molecule has 1 rings (SSSR count). The van der Waals surface area contributed by atoms with Crippen molar-refractivity contribution < 1.29 is 33.0 Å². The van der Waals surface area contributed by atoms with Crippen molar-refractivity contribution in [3.8, 4) is 0 Å². The van der Waals surface area contributed by atoms with Crippen LogP contribution in [0.2, 0.25) is 0 Å². The fourth-order valence-electron chi connectivity index (χ4n) is 1.25. The molecule has 0 radical (unpaired) electrons. The molecule has 0 aromatic heterocycles. The minimum Gasteiger partial charge on any atom is -0.481 e. The summed E-state index contributed by atoms with van der Waals surface area (Å²) in [5, 5.41) is 17.3. The molecule has 0 fully saturated rings. The van der Waals surface area contributed by atoms with Crippen molar-refractivity contribution >= 4 is 23.7 Å². The molecule has 1 aromatic carbocycles. The Bertz CT molecular complexity index is 499. The molecule has 2 N–H and O–H groups in total. The van der Waals surface area contributed by atoms with Gasteiger partial charge in [0.25, 0.3) is 0 Å². The molecule has 104 valence electrons. The highest BCUT2D eigenvalue weighted by atomic mass is 32.2. The van der Waals surface area contributed by atoms with Crippen LogP contribution < -0.4 is 0 Å². The van der Waals surface area contributed by atoms with Crippen LogP contribution in [0.25, 0.3) is 0 Å². The van der Waals surface area contributed by atoms with E-state index in [1.165, 1.54) is 0 Å². The van der Waals surface area contributed by atoms with Crippen molar-refractivity contribution in [3.63, 3.8) is 0 Å². The average molecular weight is 294 g/mol. The summed E-state index contributed by atoms with van der Waals surface area (Å²) in [5.41, 5.74) is -1.53. The SMILES string of the molecule is O=C(O)CCSc1ccc(C(F)(F)F)cc1C(=O)O. The largest absolute Gasteiger partial charge is 0.481 e. The lowest BCUT2D eigenvalue weighted by Crippen LogP contribution is -2.08. The number of hydrogen-bond acceptors (Lipinski definition) is 3. The number of alkyl halides is 3. The summed E-state index contributed by atoms with van der Waals surface area (Å²) < 4.78 is 37.3. The van der Waals surface area contributed by atoms with Crippen molar-refractivity contribution in [1.82, 2.24) is 0 Å². The summed E-state index contributed by atoms with van der Waals surface area (Å²) in [4.78, 5) is 21.3. The molecular weight excluding hydrogens is 285 g/mol. The van der Waals surface area contributed by atoms with Gasteiger partial charge < -0.3 is 10.2 Å². The Morgan fingerprint density at radius 3 is 2.32 bits per heavy atom. The fraction of sp³-hybridized carbons (Fsp3) is 0.273. The second-order valence-electron chi connectivity index (χ2n) is 3.51. The predicted molar refractivity (Wildman–Crippen MR) is 61.4 cm³/mol. The monoisotopic (exact) mass is 294 g/mol. The number of rotatable bonds is 5. The number of benzene rings is 1. The van der Waals surface area contributed by atoms with Gasteiger partial charge in [-0.1, -0.05) is 0 Å². The molecule has 0 aliphatic carbocycles. The van der Waals surface area contributed by atoms with Crippen LogP contribution in [0.4, 0.5) is 13.2 Å². The van der Waals surface area contributed by atoms with Gasteiger partial charge in [-0.05, 0) is 18.2 Å². The number of halogens is 3. The van der Waals surface area contributed by atoms with E-state index < -0.39 is 29.2 Å². The molecule has 0 unspecified atom stereocenters. The molecule has 0 spiro atoms. The second-order valence-corrected chi connectivity index (χ2v) is 4.64. The van der Waals surface area contributed by atoms with E-state index in [0.29, 0.717) is 6.07 Å². The minimum atomic E-state index is -4.62. The quantitative estimate of drug-likeness (QED) is 0.817. The first-order chi connectivity index (χ1) is 8.71. The number of carboxylic acids is 2.